The highest BCUT2D eigenvalue weighted by Gasteiger charge is 2.61. The van der Waals surface area contributed by atoms with Crippen LogP contribution in [0.2, 0.25) is 0 Å². The first-order valence-corrected chi connectivity index (χ1v) is 16.8. The van der Waals surface area contributed by atoms with Crippen LogP contribution in [-0.2, 0) is 25.2 Å². The zero-order chi connectivity index (χ0) is 32.5. The highest BCUT2D eigenvalue weighted by atomic mass is 32.2. The van der Waals surface area contributed by atoms with Crippen LogP contribution in [0.4, 0.5) is 10.5 Å². The number of piperidine rings is 1. The van der Waals surface area contributed by atoms with Crippen LogP contribution in [0.3, 0.4) is 0 Å². The molecule has 0 radical (unpaired) electrons. The molecule has 3 aliphatic rings. The number of carbonyl (C=O) groups excluding carboxylic acids is 2. The fraction of sp³-hybridized carbons (Fsp3) is 0.394. The zero-order valence-electron chi connectivity index (χ0n) is 25.8. The maximum absolute atomic E-state index is 14.8. The molecule has 2 amide bonds. The number of amides is 2. The number of pyridine rings is 1. The summed E-state index contributed by atoms with van der Waals surface area (Å²) in [7, 11) is -2.37. The summed E-state index contributed by atoms with van der Waals surface area (Å²) in [6.07, 6.45) is 2.17. The van der Waals surface area contributed by atoms with Crippen LogP contribution in [-0.4, -0.2) is 99.1 Å². The minimum Gasteiger partial charge on any atom is -0.478 e. The van der Waals surface area contributed by atoms with Crippen molar-refractivity contribution in [1.29, 1.82) is 5.26 Å². The molecule has 2 fully saturated rings. The summed E-state index contributed by atoms with van der Waals surface area (Å²) in [5, 5.41) is 9.82. The topological polar surface area (TPSA) is 136 Å². The molecule has 1 aromatic heterocycles. The van der Waals surface area contributed by atoms with E-state index < -0.39 is 27.6 Å². The second-order valence-corrected chi connectivity index (χ2v) is 13.4. The lowest BCUT2D eigenvalue weighted by Gasteiger charge is -2.42. The first-order chi connectivity index (χ1) is 22.2. The number of rotatable bonds is 7. The van der Waals surface area contributed by atoms with Crippen molar-refractivity contribution in [2.75, 3.05) is 57.2 Å². The molecule has 1 unspecified atom stereocenters. The summed E-state index contributed by atoms with van der Waals surface area (Å²) in [5.41, 5.74) is -2.09. The zero-order valence-corrected chi connectivity index (χ0v) is 26.6. The Kier molecular flexibility index (Phi) is 8.69. The predicted octanol–water partition coefficient (Wildman–Crippen LogP) is 3.18. The number of aromatic nitrogens is 1. The van der Waals surface area contributed by atoms with Gasteiger partial charge in [-0.15, -0.1) is 0 Å². The van der Waals surface area contributed by atoms with E-state index >= 15 is 0 Å². The molecule has 2 aromatic carbocycles. The Morgan fingerprint density at radius 2 is 1.72 bits per heavy atom. The van der Waals surface area contributed by atoms with Crippen molar-refractivity contribution in [2.24, 2.45) is 0 Å². The van der Waals surface area contributed by atoms with Crippen LogP contribution in [0.15, 0.2) is 71.8 Å². The number of hydrogen-bond acceptors (Lipinski definition) is 10. The highest BCUT2D eigenvalue weighted by molar-refractivity contribution is 7.93. The van der Waals surface area contributed by atoms with Crippen molar-refractivity contribution < 1.29 is 27.5 Å². The van der Waals surface area contributed by atoms with Crippen LogP contribution in [0.25, 0.3) is 0 Å². The number of benzene rings is 2. The van der Waals surface area contributed by atoms with E-state index in [1.165, 1.54) is 42.6 Å². The van der Waals surface area contributed by atoms with E-state index in [2.05, 4.69) is 27.9 Å². The SMILES string of the molecule is CCOc1ncccc1C1(OC(=O)N2CCC(N3CCN(C)CC3)CC2)C(=O)N(S(=O)(=O)c2ccccc2)c2ccc(C#N)cc21. The Balaban J connectivity index is 1.43. The Morgan fingerprint density at radius 3 is 2.39 bits per heavy atom. The molecule has 6 rings (SSSR count). The van der Waals surface area contributed by atoms with E-state index in [-0.39, 0.29) is 39.8 Å². The normalized spacial score (nSPS) is 21.1. The van der Waals surface area contributed by atoms with Gasteiger partial charge in [0, 0.05) is 57.1 Å². The molecular formula is C33H36N6O6S. The maximum atomic E-state index is 14.8. The number of nitrogens with zero attached hydrogens (tertiary/aromatic N) is 6. The van der Waals surface area contributed by atoms with Gasteiger partial charge in [-0.1, -0.05) is 18.2 Å². The molecule has 2 saturated heterocycles. The second kappa shape index (κ2) is 12.7. The molecule has 0 bridgehead atoms. The Morgan fingerprint density at radius 1 is 1.00 bits per heavy atom. The number of anilines is 1. The van der Waals surface area contributed by atoms with Crippen LogP contribution in [0, 0.1) is 11.3 Å². The molecule has 3 aromatic rings. The largest absolute Gasteiger partial charge is 0.478 e. The van der Waals surface area contributed by atoms with Crippen molar-refractivity contribution in [2.45, 2.75) is 36.3 Å². The quantitative estimate of drug-likeness (QED) is 0.377. The lowest BCUT2D eigenvalue weighted by atomic mass is 9.87. The number of ether oxygens (including phenoxy) is 2. The number of piperazine rings is 1. The number of likely N-dealkylation sites (tertiary alicyclic amines) is 1. The third-order valence-corrected chi connectivity index (χ3v) is 10.7. The third kappa shape index (κ3) is 5.46. The summed E-state index contributed by atoms with van der Waals surface area (Å²) in [4.78, 5) is 39.4. The average Bonchev–Trinajstić information content (AvgIpc) is 3.33. The molecule has 4 heterocycles. The van der Waals surface area contributed by atoms with Gasteiger partial charge in [0.25, 0.3) is 21.5 Å². The number of carbonyl (C=O) groups is 2. The number of sulfonamides is 1. The van der Waals surface area contributed by atoms with Gasteiger partial charge in [-0.3, -0.25) is 9.69 Å². The number of hydrogen-bond donors (Lipinski definition) is 0. The van der Waals surface area contributed by atoms with Gasteiger partial charge in [0.05, 0.1) is 34.4 Å². The van der Waals surface area contributed by atoms with Crippen LogP contribution in [0.1, 0.15) is 36.5 Å². The van der Waals surface area contributed by atoms with Gasteiger partial charge in [0.1, 0.15) is 0 Å². The smallest absolute Gasteiger partial charge is 0.411 e. The Hall–Kier alpha value is -4.51. The predicted molar refractivity (Wildman–Crippen MR) is 169 cm³/mol. The molecule has 46 heavy (non-hydrogen) atoms. The lowest BCUT2D eigenvalue weighted by molar-refractivity contribution is -0.132. The van der Waals surface area contributed by atoms with Crippen molar-refractivity contribution in [1.82, 2.24) is 19.7 Å². The summed E-state index contributed by atoms with van der Waals surface area (Å²) in [6.45, 7) is 6.65. The molecule has 0 spiro atoms. The maximum Gasteiger partial charge on any atom is 0.411 e. The van der Waals surface area contributed by atoms with Gasteiger partial charge in [0.15, 0.2) is 0 Å². The molecule has 0 aliphatic carbocycles. The van der Waals surface area contributed by atoms with Crippen LogP contribution < -0.4 is 9.04 Å². The van der Waals surface area contributed by atoms with E-state index in [1.54, 1.807) is 36.1 Å². The Labute approximate surface area is 268 Å². The summed E-state index contributed by atoms with van der Waals surface area (Å²) < 4.78 is 41.0. The van der Waals surface area contributed by atoms with Crippen LogP contribution in [0.5, 0.6) is 5.88 Å². The fourth-order valence-corrected chi connectivity index (χ4v) is 7.97. The molecule has 12 nitrogen and oxygen atoms in total. The number of nitriles is 1. The lowest BCUT2D eigenvalue weighted by Crippen LogP contribution is -2.54. The summed E-state index contributed by atoms with van der Waals surface area (Å²) in [6, 6.07) is 17.2. The molecule has 13 heteroatoms. The minimum absolute atomic E-state index is 0.00666. The third-order valence-electron chi connectivity index (χ3n) is 8.94. The van der Waals surface area contributed by atoms with E-state index in [9.17, 15) is 23.3 Å². The van der Waals surface area contributed by atoms with Crippen molar-refractivity contribution in [3.8, 4) is 11.9 Å². The Bertz CT molecular complexity index is 1760. The summed E-state index contributed by atoms with van der Waals surface area (Å²) >= 11 is 0. The van der Waals surface area contributed by atoms with Gasteiger partial charge >= 0.3 is 6.09 Å². The van der Waals surface area contributed by atoms with Gasteiger partial charge in [-0.25, -0.2) is 18.2 Å². The van der Waals surface area contributed by atoms with E-state index in [0.717, 1.165) is 39.0 Å². The first kappa shape index (κ1) is 31.5. The van der Waals surface area contributed by atoms with Gasteiger partial charge in [-0.2, -0.15) is 9.57 Å². The molecule has 0 saturated carbocycles. The first-order valence-electron chi connectivity index (χ1n) is 15.4. The monoisotopic (exact) mass is 644 g/mol. The molecular weight excluding hydrogens is 608 g/mol. The van der Waals surface area contributed by atoms with Gasteiger partial charge < -0.3 is 19.3 Å². The highest BCUT2D eigenvalue weighted by Crippen LogP contribution is 2.51. The number of fused-ring (bicyclic) bond motifs is 1. The van der Waals surface area contributed by atoms with E-state index in [0.29, 0.717) is 23.4 Å². The van der Waals surface area contributed by atoms with Crippen molar-refractivity contribution in [3.05, 3.63) is 83.6 Å². The fourth-order valence-electron chi connectivity index (χ4n) is 6.49. The number of likely N-dealkylation sites (N-methyl/N-ethyl adjacent to an activating group) is 1. The van der Waals surface area contributed by atoms with E-state index in [4.69, 9.17) is 9.47 Å². The van der Waals surface area contributed by atoms with Crippen LogP contribution >= 0.6 is 0 Å². The average molecular weight is 645 g/mol. The van der Waals surface area contributed by atoms with Crippen molar-refractivity contribution >= 4 is 27.7 Å². The van der Waals surface area contributed by atoms with E-state index in [1.807, 2.05) is 0 Å². The van der Waals surface area contributed by atoms with Crippen molar-refractivity contribution in [3.63, 3.8) is 0 Å². The minimum atomic E-state index is -4.48. The second-order valence-electron chi connectivity index (χ2n) is 11.6. The standard InChI is InChI=1S/C33H36N6O6S/c1-3-44-30-27(10-7-15-35-30)33(45-32(41)38-16-13-25(14-17-38)37-20-18-36(2)19-21-37)28-22-24(23-34)11-12-29(28)39(31(33)40)46(42,43)26-8-5-4-6-9-26/h4-12,15,22,25H,3,13-14,16-21H2,1-2H3. The molecule has 0 N–H and O–H groups in total. The molecule has 1 atom stereocenters. The summed E-state index contributed by atoms with van der Waals surface area (Å²) in [5.74, 6) is -1.02. The van der Waals surface area contributed by atoms with Gasteiger partial charge in [0.2, 0.25) is 5.88 Å². The molecule has 3 aliphatic heterocycles. The van der Waals surface area contributed by atoms with Gasteiger partial charge in [-0.05, 0) is 69.3 Å². The molecule has 240 valence electrons.